The van der Waals surface area contributed by atoms with Gasteiger partial charge in [-0.05, 0) is 23.8 Å². The third-order valence-electron chi connectivity index (χ3n) is 3.59. The van der Waals surface area contributed by atoms with Gasteiger partial charge in [-0.3, -0.25) is 4.79 Å². The summed E-state index contributed by atoms with van der Waals surface area (Å²) in [7, 11) is 1.77. The molecule has 1 amide bonds. The second-order valence-corrected chi connectivity index (χ2v) is 6.49. The van der Waals surface area contributed by atoms with Gasteiger partial charge < -0.3 is 10.2 Å². The van der Waals surface area contributed by atoms with Gasteiger partial charge in [0.25, 0.3) is 5.91 Å². The topological polar surface area (TPSA) is 58.1 Å². The fraction of sp³-hybridized carbons (Fsp3) is 0.105. The van der Waals surface area contributed by atoms with Crippen molar-refractivity contribution in [2.75, 3.05) is 12.4 Å². The van der Waals surface area contributed by atoms with Crippen molar-refractivity contribution in [1.82, 2.24) is 14.9 Å². The molecule has 0 aliphatic rings. The zero-order valence-corrected chi connectivity index (χ0v) is 15.3. The van der Waals surface area contributed by atoms with Crippen LogP contribution in [0.1, 0.15) is 15.9 Å². The van der Waals surface area contributed by atoms with E-state index in [2.05, 4.69) is 31.2 Å². The summed E-state index contributed by atoms with van der Waals surface area (Å²) in [6.45, 7) is 0.539. The highest BCUT2D eigenvalue weighted by atomic mass is 79.9. The van der Waals surface area contributed by atoms with Gasteiger partial charge >= 0.3 is 0 Å². The molecule has 0 aliphatic heterocycles. The van der Waals surface area contributed by atoms with Crippen LogP contribution in [0.4, 0.5) is 11.6 Å². The number of hydrogen-bond acceptors (Lipinski definition) is 4. The smallest absolute Gasteiger partial charge is 0.257 e. The summed E-state index contributed by atoms with van der Waals surface area (Å²) < 4.78 is 0.965. The number of hydrogen-bond donors (Lipinski definition) is 1. The first-order valence-electron chi connectivity index (χ1n) is 7.76. The molecule has 0 spiro atoms. The van der Waals surface area contributed by atoms with Crippen molar-refractivity contribution in [3.63, 3.8) is 0 Å². The Labute approximate surface area is 154 Å². The van der Waals surface area contributed by atoms with E-state index in [-0.39, 0.29) is 5.91 Å². The van der Waals surface area contributed by atoms with Crippen LogP contribution in [-0.4, -0.2) is 27.8 Å². The van der Waals surface area contributed by atoms with E-state index in [0.717, 1.165) is 15.7 Å². The number of amides is 1. The molecule has 0 saturated carbocycles. The summed E-state index contributed by atoms with van der Waals surface area (Å²) in [5.74, 6) is 0.332. The average molecular weight is 397 g/mol. The van der Waals surface area contributed by atoms with E-state index in [1.54, 1.807) is 11.9 Å². The van der Waals surface area contributed by atoms with Crippen LogP contribution in [0.5, 0.6) is 0 Å². The number of carbonyl (C=O) groups excluding carboxylic acids is 1. The molecule has 0 atom stereocenters. The van der Waals surface area contributed by atoms with Crippen molar-refractivity contribution in [2.45, 2.75) is 6.54 Å². The Bertz CT molecular complexity index is 853. The minimum absolute atomic E-state index is 0.113. The summed E-state index contributed by atoms with van der Waals surface area (Å²) in [6.07, 6.45) is 3.08. The Balaban J connectivity index is 1.66. The highest BCUT2D eigenvalue weighted by molar-refractivity contribution is 9.10. The lowest BCUT2D eigenvalue weighted by molar-refractivity contribution is 0.0784. The molecule has 0 unspecified atom stereocenters. The first kappa shape index (κ1) is 17.1. The molecular formula is C19H17BrN4O. The van der Waals surface area contributed by atoms with Crippen LogP contribution in [0.15, 0.2) is 71.5 Å². The van der Waals surface area contributed by atoms with E-state index in [0.29, 0.717) is 18.1 Å². The van der Waals surface area contributed by atoms with Crippen molar-refractivity contribution in [2.24, 2.45) is 0 Å². The summed E-state index contributed by atoms with van der Waals surface area (Å²) in [5, 5.41) is 3.10. The number of benzene rings is 2. The van der Waals surface area contributed by atoms with E-state index >= 15 is 0 Å². The Hall–Kier alpha value is -2.73. The number of nitrogens with one attached hydrogen (secondary N) is 1. The SMILES string of the molecule is CN(Cc1ccccc1)C(=O)c1cnc(Nc2cccc(Br)c2)nc1. The first-order chi connectivity index (χ1) is 12.1. The zero-order chi connectivity index (χ0) is 17.6. The second-order valence-electron chi connectivity index (χ2n) is 5.58. The zero-order valence-electron chi connectivity index (χ0n) is 13.7. The molecular weight excluding hydrogens is 380 g/mol. The minimum Gasteiger partial charge on any atom is -0.337 e. The maximum Gasteiger partial charge on any atom is 0.257 e. The molecule has 2 aromatic carbocycles. The molecule has 0 radical (unpaired) electrons. The second kappa shape index (κ2) is 7.90. The van der Waals surface area contributed by atoms with Crippen LogP contribution < -0.4 is 5.32 Å². The van der Waals surface area contributed by atoms with Crippen molar-refractivity contribution >= 4 is 33.5 Å². The van der Waals surface area contributed by atoms with Crippen molar-refractivity contribution in [1.29, 1.82) is 0 Å². The molecule has 0 bridgehead atoms. The molecule has 126 valence electrons. The Morgan fingerprint density at radius 3 is 2.48 bits per heavy atom. The highest BCUT2D eigenvalue weighted by Crippen LogP contribution is 2.18. The molecule has 5 nitrogen and oxygen atoms in total. The van der Waals surface area contributed by atoms with Gasteiger partial charge in [0.15, 0.2) is 0 Å². The van der Waals surface area contributed by atoms with Crippen LogP contribution in [0.25, 0.3) is 0 Å². The van der Waals surface area contributed by atoms with Crippen molar-refractivity contribution < 1.29 is 4.79 Å². The number of aromatic nitrogens is 2. The van der Waals surface area contributed by atoms with Gasteiger partial charge in [0.1, 0.15) is 0 Å². The van der Waals surface area contributed by atoms with Crippen molar-refractivity contribution in [3.8, 4) is 0 Å². The molecule has 25 heavy (non-hydrogen) atoms. The third kappa shape index (κ3) is 4.64. The number of nitrogens with zero attached hydrogens (tertiary/aromatic N) is 3. The molecule has 3 rings (SSSR count). The van der Waals surface area contributed by atoms with Gasteiger partial charge in [-0.2, -0.15) is 0 Å². The monoisotopic (exact) mass is 396 g/mol. The predicted octanol–water partition coefficient (Wildman–Crippen LogP) is 4.25. The Morgan fingerprint density at radius 1 is 1.08 bits per heavy atom. The Morgan fingerprint density at radius 2 is 1.80 bits per heavy atom. The number of halogens is 1. The normalized spacial score (nSPS) is 10.3. The molecule has 3 aromatic rings. The van der Waals surface area contributed by atoms with Crippen LogP contribution in [0.3, 0.4) is 0 Å². The van der Waals surface area contributed by atoms with E-state index < -0.39 is 0 Å². The summed E-state index contributed by atoms with van der Waals surface area (Å²) in [6, 6.07) is 17.6. The fourth-order valence-electron chi connectivity index (χ4n) is 2.35. The van der Waals surface area contributed by atoms with Gasteiger partial charge in [0.2, 0.25) is 5.95 Å². The number of rotatable bonds is 5. The number of anilines is 2. The maximum absolute atomic E-state index is 12.5. The summed E-state index contributed by atoms with van der Waals surface area (Å²) in [5.41, 5.74) is 2.40. The van der Waals surface area contributed by atoms with E-state index in [9.17, 15) is 4.79 Å². The molecule has 0 fully saturated rings. The standard InChI is InChI=1S/C19H17BrN4O/c1-24(13-14-6-3-2-4-7-14)18(25)15-11-21-19(22-12-15)23-17-9-5-8-16(20)10-17/h2-12H,13H2,1H3,(H,21,22,23). The van der Waals surface area contributed by atoms with E-state index in [1.807, 2.05) is 54.6 Å². The van der Waals surface area contributed by atoms with Gasteiger partial charge in [0.05, 0.1) is 5.56 Å². The molecule has 0 saturated heterocycles. The molecule has 6 heteroatoms. The molecule has 0 aliphatic carbocycles. The third-order valence-corrected chi connectivity index (χ3v) is 4.08. The Kier molecular flexibility index (Phi) is 5.40. The number of carbonyl (C=O) groups is 1. The van der Waals surface area contributed by atoms with Crippen LogP contribution >= 0.6 is 15.9 Å². The summed E-state index contributed by atoms with van der Waals surface area (Å²) in [4.78, 5) is 22.6. The predicted molar refractivity (Wildman–Crippen MR) is 102 cm³/mol. The van der Waals surface area contributed by atoms with E-state index in [4.69, 9.17) is 0 Å². The lowest BCUT2D eigenvalue weighted by Gasteiger charge is -2.17. The first-order valence-corrected chi connectivity index (χ1v) is 8.55. The average Bonchev–Trinajstić information content (AvgIpc) is 2.62. The molecule has 1 aromatic heterocycles. The lowest BCUT2D eigenvalue weighted by atomic mass is 10.2. The largest absolute Gasteiger partial charge is 0.337 e. The van der Waals surface area contributed by atoms with Crippen LogP contribution in [-0.2, 0) is 6.54 Å². The molecule has 1 heterocycles. The quantitative estimate of drug-likeness (QED) is 0.699. The van der Waals surface area contributed by atoms with Gasteiger partial charge in [-0.1, -0.05) is 52.3 Å². The lowest BCUT2D eigenvalue weighted by Crippen LogP contribution is -2.26. The van der Waals surface area contributed by atoms with Gasteiger partial charge in [-0.15, -0.1) is 0 Å². The van der Waals surface area contributed by atoms with Gasteiger partial charge in [0, 0.05) is 36.1 Å². The highest BCUT2D eigenvalue weighted by Gasteiger charge is 2.13. The van der Waals surface area contributed by atoms with Crippen molar-refractivity contribution in [3.05, 3.63) is 82.6 Å². The maximum atomic E-state index is 12.5. The van der Waals surface area contributed by atoms with Crippen LogP contribution in [0.2, 0.25) is 0 Å². The van der Waals surface area contributed by atoms with Crippen LogP contribution in [0, 0.1) is 0 Å². The summed E-state index contributed by atoms with van der Waals surface area (Å²) >= 11 is 3.42. The minimum atomic E-state index is -0.113. The molecule has 1 N–H and O–H groups in total. The fourth-order valence-corrected chi connectivity index (χ4v) is 2.75. The van der Waals surface area contributed by atoms with E-state index in [1.165, 1.54) is 12.4 Å². The van der Waals surface area contributed by atoms with Gasteiger partial charge in [-0.25, -0.2) is 9.97 Å².